The summed E-state index contributed by atoms with van der Waals surface area (Å²) in [5.41, 5.74) is 6.27. The van der Waals surface area contributed by atoms with Gasteiger partial charge < -0.3 is 15.1 Å². The number of aliphatic imine (C=N–C) groups is 1. The van der Waals surface area contributed by atoms with Crippen molar-refractivity contribution in [2.75, 3.05) is 32.7 Å². The molecule has 2 unspecified atom stereocenters. The van der Waals surface area contributed by atoms with Crippen LogP contribution in [0.1, 0.15) is 50.2 Å². The Balaban J connectivity index is 1.69. The van der Waals surface area contributed by atoms with Crippen LogP contribution in [0, 0.1) is 12.8 Å². The normalized spacial score (nSPS) is 25.0. The van der Waals surface area contributed by atoms with Crippen molar-refractivity contribution in [3.63, 3.8) is 0 Å². The lowest BCUT2D eigenvalue weighted by Crippen LogP contribution is -2.44. The maximum absolute atomic E-state index is 6.27. The van der Waals surface area contributed by atoms with E-state index in [0.29, 0.717) is 18.4 Å². The maximum atomic E-state index is 6.27. The van der Waals surface area contributed by atoms with Crippen molar-refractivity contribution in [2.45, 2.75) is 45.6 Å². The van der Waals surface area contributed by atoms with Gasteiger partial charge in [-0.05, 0) is 63.7 Å². The summed E-state index contributed by atoms with van der Waals surface area (Å²) in [7, 11) is 0. The number of piperidine rings is 1. The zero-order chi connectivity index (χ0) is 16.2. The smallest absolute Gasteiger partial charge is 0.191 e. The van der Waals surface area contributed by atoms with Gasteiger partial charge >= 0.3 is 0 Å². The number of rotatable bonds is 4. The van der Waals surface area contributed by atoms with Crippen molar-refractivity contribution in [2.24, 2.45) is 16.6 Å². The second-order valence-electron chi connectivity index (χ2n) is 7.10. The van der Waals surface area contributed by atoms with Gasteiger partial charge in [-0.1, -0.05) is 6.92 Å². The monoisotopic (exact) mass is 318 g/mol. The molecule has 0 amide bonds. The average Bonchev–Trinajstić information content (AvgIpc) is 3.20. The first-order valence-corrected chi connectivity index (χ1v) is 8.98. The predicted molar refractivity (Wildman–Crippen MR) is 93.5 cm³/mol. The zero-order valence-electron chi connectivity index (χ0n) is 14.5. The van der Waals surface area contributed by atoms with Gasteiger partial charge in [0.15, 0.2) is 5.96 Å². The molecule has 5 heteroatoms. The summed E-state index contributed by atoms with van der Waals surface area (Å²) in [6, 6.07) is 4.34. The standard InChI is InChI=1S/C18H30N4O/c1-14-6-5-11-22(13-14)18(19)20-12-16(21-9-3-4-10-21)17-8-7-15(2)23-17/h7-8,14,16H,3-6,9-13H2,1-2H3,(H2,19,20). The first-order valence-electron chi connectivity index (χ1n) is 8.98. The molecule has 1 aromatic heterocycles. The van der Waals surface area contributed by atoms with Crippen LogP contribution in [-0.2, 0) is 0 Å². The van der Waals surface area contributed by atoms with Gasteiger partial charge in [0.25, 0.3) is 0 Å². The molecule has 0 radical (unpaired) electrons. The lowest BCUT2D eigenvalue weighted by atomic mass is 10.0. The second kappa shape index (κ2) is 7.39. The van der Waals surface area contributed by atoms with Crippen molar-refractivity contribution in [3.05, 3.63) is 23.7 Å². The summed E-state index contributed by atoms with van der Waals surface area (Å²) in [6.07, 6.45) is 5.04. The number of guanidine groups is 1. The highest BCUT2D eigenvalue weighted by Crippen LogP contribution is 2.27. The highest BCUT2D eigenvalue weighted by Gasteiger charge is 2.26. The molecule has 2 saturated heterocycles. The Kier molecular flexibility index (Phi) is 5.26. The lowest BCUT2D eigenvalue weighted by molar-refractivity contribution is 0.217. The van der Waals surface area contributed by atoms with Crippen molar-refractivity contribution < 1.29 is 4.42 Å². The molecule has 5 nitrogen and oxygen atoms in total. The summed E-state index contributed by atoms with van der Waals surface area (Å²) < 4.78 is 5.89. The Morgan fingerprint density at radius 2 is 2.09 bits per heavy atom. The van der Waals surface area contributed by atoms with Crippen LogP contribution in [-0.4, -0.2) is 48.5 Å². The van der Waals surface area contributed by atoms with Crippen LogP contribution in [0.2, 0.25) is 0 Å². The van der Waals surface area contributed by atoms with E-state index in [4.69, 9.17) is 15.1 Å². The van der Waals surface area contributed by atoms with E-state index in [1.807, 2.05) is 13.0 Å². The molecule has 2 aliphatic heterocycles. The van der Waals surface area contributed by atoms with Gasteiger partial charge in [-0.15, -0.1) is 0 Å². The van der Waals surface area contributed by atoms with E-state index in [1.54, 1.807) is 0 Å². The van der Waals surface area contributed by atoms with E-state index >= 15 is 0 Å². The van der Waals surface area contributed by atoms with Gasteiger partial charge in [0.2, 0.25) is 0 Å². The Bertz CT molecular complexity index is 533. The minimum Gasteiger partial charge on any atom is -0.465 e. The molecule has 3 rings (SSSR count). The van der Waals surface area contributed by atoms with E-state index in [2.05, 4.69) is 22.8 Å². The van der Waals surface area contributed by atoms with E-state index in [9.17, 15) is 0 Å². The summed E-state index contributed by atoms with van der Waals surface area (Å²) in [4.78, 5) is 9.45. The average molecular weight is 318 g/mol. The number of hydrogen-bond donors (Lipinski definition) is 1. The fourth-order valence-corrected chi connectivity index (χ4v) is 3.75. The molecule has 0 aromatic carbocycles. The van der Waals surface area contributed by atoms with Gasteiger partial charge in [-0.2, -0.15) is 0 Å². The van der Waals surface area contributed by atoms with E-state index in [1.165, 1.54) is 25.7 Å². The lowest BCUT2D eigenvalue weighted by Gasteiger charge is -2.32. The minimum absolute atomic E-state index is 0.215. The third-order valence-electron chi connectivity index (χ3n) is 5.08. The topological polar surface area (TPSA) is 58.0 Å². The Hall–Kier alpha value is -1.49. The van der Waals surface area contributed by atoms with Crippen LogP contribution in [0.15, 0.2) is 21.5 Å². The fraction of sp³-hybridized carbons (Fsp3) is 0.722. The molecule has 3 heterocycles. The van der Waals surface area contributed by atoms with Crippen LogP contribution in [0.25, 0.3) is 0 Å². The minimum atomic E-state index is 0.215. The molecular weight excluding hydrogens is 288 g/mol. The SMILES string of the molecule is Cc1ccc(C(CN=C(N)N2CCCC(C)C2)N2CCCC2)o1. The number of nitrogens with zero attached hydrogens (tertiary/aromatic N) is 3. The molecule has 2 fully saturated rings. The first kappa shape index (κ1) is 16.4. The number of hydrogen-bond acceptors (Lipinski definition) is 3. The Labute approximate surface area is 139 Å². The van der Waals surface area contributed by atoms with Crippen molar-refractivity contribution >= 4 is 5.96 Å². The van der Waals surface area contributed by atoms with Gasteiger partial charge in [-0.3, -0.25) is 9.89 Å². The van der Waals surface area contributed by atoms with Gasteiger partial charge in [0.1, 0.15) is 11.5 Å². The summed E-state index contributed by atoms with van der Waals surface area (Å²) in [6.45, 7) is 9.29. The number of aryl methyl sites for hydroxylation is 1. The zero-order valence-corrected chi connectivity index (χ0v) is 14.5. The van der Waals surface area contributed by atoms with Crippen molar-refractivity contribution in [3.8, 4) is 0 Å². The molecule has 0 spiro atoms. The van der Waals surface area contributed by atoms with E-state index in [-0.39, 0.29) is 6.04 Å². The molecule has 1 aromatic rings. The van der Waals surface area contributed by atoms with Crippen molar-refractivity contribution in [1.29, 1.82) is 0 Å². The third kappa shape index (κ3) is 4.08. The maximum Gasteiger partial charge on any atom is 0.191 e. The molecule has 0 saturated carbocycles. The number of likely N-dealkylation sites (tertiary alicyclic amines) is 2. The van der Waals surface area contributed by atoms with Crippen LogP contribution < -0.4 is 5.73 Å². The highest BCUT2D eigenvalue weighted by molar-refractivity contribution is 5.78. The highest BCUT2D eigenvalue weighted by atomic mass is 16.3. The largest absolute Gasteiger partial charge is 0.465 e. The Morgan fingerprint density at radius 1 is 1.30 bits per heavy atom. The number of nitrogens with two attached hydrogens (primary N) is 1. The van der Waals surface area contributed by atoms with Crippen molar-refractivity contribution in [1.82, 2.24) is 9.80 Å². The molecule has 2 atom stereocenters. The second-order valence-corrected chi connectivity index (χ2v) is 7.10. The summed E-state index contributed by atoms with van der Waals surface area (Å²) >= 11 is 0. The van der Waals surface area contributed by atoms with Crippen LogP contribution >= 0.6 is 0 Å². The molecule has 2 aliphatic rings. The first-order chi connectivity index (χ1) is 11.1. The molecule has 0 aliphatic carbocycles. The van der Waals surface area contributed by atoms with Gasteiger partial charge in [-0.25, -0.2) is 0 Å². The molecule has 128 valence electrons. The summed E-state index contributed by atoms with van der Waals surface area (Å²) in [5.74, 6) is 3.39. The van der Waals surface area contributed by atoms with Crippen LogP contribution in [0.5, 0.6) is 0 Å². The van der Waals surface area contributed by atoms with Crippen LogP contribution in [0.4, 0.5) is 0 Å². The van der Waals surface area contributed by atoms with Gasteiger partial charge in [0, 0.05) is 13.1 Å². The van der Waals surface area contributed by atoms with Crippen LogP contribution in [0.3, 0.4) is 0 Å². The molecule has 0 bridgehead atoms. The van der Waals surface area contributed by atoms with E-state index < -0.39 is 0 Å². The van der Waals surface area contributed by atoms with E-state index in [0.717, 1.165) is 37.7 Å². The summed E-state index contributed by atoms with van der Waals surface area (Å²) in [5, 5.41) is 0. The Morgan fingerprint density at radius 3 is 2.74 bits per heavy atom. The molecular formula is C18H30N4O. The quantitative estimate of drug-likeness (QED) is 0.685. The van der Waals surface area contributed by atoms with Gasteiger partial charge in [0.05, 0.1) is 12.6 Å². The predicted octanol–water partition coefficient (Wildman–Crippen LogP) is 2.77. The number of furan rings is 1. The fourth-order valence-electron chi connectivity index (χ4n) is 3.75. The molecule has 2 N–H and O–H groups in total. The molecule has 23 heavy (non-hydrogen) atoms. The third-order valence-corrected chi connectivity index (χ3v) is 5.08.